The molecule has 0 radical (unpaired) electrons. The smallest absolute Gasteiger partial charge is 0.422 e. The topological polar surface area (TPSA) is 61.1 Å². The van der Waals surface area contributed by atoms with Crippen molar-refractivity contribution in [1.29, 1.82) is 0 Å². The van der Waals surface area contributed by atoms with Gasteiger partial charge < -0.3 is 22.6 Å². The van der Waals surface area contributed by atoms with E-state index >= 15 is 0 Å². The van der Waals surface area contributed by atoms with Crippen LogP contribution in [0.25, 0.3) is 21.4 Å². The van der Waals surface area contributed by atoms with Crippen molar-refractivity contribution < 1.29 is 17.7 Å². The summed E-state index contributed by atoms with van der Waals surface area (Å²) in [5.41, 5.74) is 1.93. The first-order chi connectivity index (χ1) is 17.0. The normalized spacial score (nSPS) is 11.9. The van der Waals surface area contributed by atoms with E-state index in [1.165, 1.54) is 11.3 Å². The molecule has 0 saturated heterocycles. The molecule has 0 fully saturated rings. The molecular weight excluding hydrogens is 478 g/mol. The molecule has 0 spiro atoms. The third-order valence-electron chi connectivity index (χ3n) is 5.82. The van der Waals surface area contributed by atoms with Gasteiger partial charge in [0.1, 0.15) is 5.58 Å². The van der Waals surface area contributed by atoms with Crippen LogP contribution in [0.5, 0.6) is 0 Å². The highest BCUT2D eigenvalue weighted by Gasteiger charge is 2.45. The van der Waals surface area contributed by atoms with Gasteiger partial charge in [-0.25, -0.2) is 4.79 Å². The summed E-state index contributed by atoms with van der Waals surface area (Å²) in [5.74, 6) is 0. The maximum absolute atomic E-state index is 13.0. The van der Waals surface area contributed by atoms with Crippen LogP contribution < -0.4 is 15.0 Å². The first kappa shape index (κ1) is 27.6. The predicted molar refractivity (Wildman–Crippen MR) is 148 cm³/mol. The first-order valence-electron chi connectivity index (χ1n) is 12.9. The van der Waals surface area contributed by atoms with Gasteiger partial charge in [-0.05, 0) is 63.9 Å². The van der Waals surface area contributed by atoms with E-state index < -0.39 is 8.80 Å². The van der Waals surface area contributed by atoms with E-state index in [0.29, 0.717) is 31.0 Å². The first-order valence-corrected chi connectivity index (χ1v) is 15.4. The summed E-state index contributed by atoms with van der Waals surface area (Å²) >= 11 is 1.48. The van der Waals surface area contributed by atoms with Gasteiger partial charge in [0, 0.05) is 54.9 Å². The standard InChI is InChI=1S/C27H39NO5SSi/c1-6-11-17-28(18-12-7-2)22-14-13-21-19-23(27(29)33-24(21)20-22)25-15-16-26(34-25)35(30-8-3,31-9-4)32-10-5/h13-16,19-20H,6-12,17-18H2,1-5H3. The fourth-order valence-corrected chi connectivity index (χ4v) is 8.32. The van der Waals surface area contributed by atoms with Crippen molar-refractivity contribution in [3.05, 3.63) is 46.8 Å². The molecule has 1 aromatic carbocycles. The van der Waals surface area contributed by atoms with Crippen molar-refractivity contribution in [2.75, 3.05) is 37.8 Å². The molecule has 0 atom stereocenters. The van der Waals surface area contributed by atoms with Gasteiger partial charge >= 0.3 is 14.4 Å². The average molecular weight is 518 g/mol. The van der Waals surface area contributed by atoms with Gasteiger partial charge in [-0.1, -0.05) is 26.7 Å². The summed E-state index contributed by atoms with van der Waals surface area (Å²) in [7, 11) is -3.02. The summed E-state index contributed by atoms with van der Waals surface area (Å²) in [5, 5.41) is 0.909. The molecule has 0 amide bonds. The number of anilines is 1. The van der Waals surface area contributed by atoms with Gasteiger partial charge in [0.2, 0.25) is 0 Å². The molecule has 35 heavy (non-hydrogen) atoms. The van der Waals surface area contributed by atoms with Crippen LogP contribution in [0.15, 0.2) is 45.6 Å². The van der Waals surface area contributed by atoms with Gasteiger partial charge in [-0.2, -0.15) is 0 Å². The van der Waals surface area contributed by atoms with E-state index in [-0.39, 0.29) is 5.63 Å². The van der Waals surface area contributed by atoms with Gasteiger partial charge in [0.15, 0.2) is 0 Å². The number of benzene rings is 1. The molecule has 0 N–H and O–H groups in total. The number of rotatable bonds is 15. The Balaban J connectivity index is 1.96. The Morgan fingerprint density at radius 1 is 0.857 bits per heavy atom. The third kappa shape index (κ3) is 6.62. The molecule has 6 nitrogen and oxygen atoms in total. The van der Waals surface area contributed by atoms with Crippen LogP contribution in [-0.2, 0) is 13.3 Å². The Morgan fingerprint density at radius 2 is 1.49 bits per heavy atom. The molecule has 0 aliphatic carbocycles. The minimum Gasteiger partial charge on any atom is -0.422 e. The molecule has 8 heteroatoms. The quantitative estimate of drug-likeness (QED) is 0.177. The lowest BCUT2D eigenvalue weighted by Crippen LogP contribution is -2.55. The molecule has 0 bridgehead atoms. The average Bonchev–Trinajstić information content (AvgIpc) is 3.34. The van der Waals surface area contributed by atoms with E-state index in [2.05, 4.69) is 30.9 Å². The Morgan fingerprint density at radius 3 is 2.06 bits per heavy atom. The molecular formula is C27H39NO5SSi. The van der Waals surface area contributed by atoms with E-state index in [1.54, 1.807) is 0 Å². The summed E-state index contributed by atoms with van der Waals surface area (Å²) in [6.07, 6.45) is 4.58. The highest BCUT2D eigenvalue weighted by atomic mass is 32.1. The lowest BCUT2D eigenvalue weighted by molar-refractivity contribution is 0.0866. The molecule has 0 aliphatic heterocycles. The van der Waals surface area contributed by atoms with E-state index in [0.717, 1.165) is 59.2 Å². The highest BCUT2D eigenvalue weighted by Crippen LogP contribution is 2.29. The zero-order chi connectivity index (χ0) is 25.3. The second kappa shape index (κ2) is 13.4. The fourth-order valence-electron chi connectivity index (χ4n) is 4.09. The predicted octanol–water partition coefficient (Wildman–Crippen LogP) is 6.18. The molecule has 0 saturated carbocycles. The van der Waals surface area contributed by atoms with Crippen LogP contribution in [0, 0.1) is 0 Å². The minimum absolute atomic E-state index is 0.340. The summed E-state index contributed by atoms with van der Waals surface area (Å²) in [4.78, 5) is 16.3. The SMILES string of the molecule is CCCCN(CCCC)c1ccc2cc(-c3ccc([Si](OCC)(OCC)OCC)s3)c(=O)oc2c1. The largest absolute Gasteiger partial charge is 0.547 e. The summed E-state index contributed by atoms with van der Waals surface area (Å²) in [6.45, 7) is 13.7. The number of unbranched alkanes of at least 4 members (excludes halogenated alkanes) is 2. The number of nitrogens with zero attached hydrogens (tertiary/aromatic N) is 1. The van der Waals surface area contributed by atoms with Gasteiger partial charge in [-0.3, -0.25) is 0 Å². The Bertz CT molecular complexity index is 1100. The molecule has 0 aliphatic rings. The highest BCUT2D eigenvalue weighted by molar-refractivity contribution is 7.26. The molecule has 3 aromatic rings. The molecule has 3 rings (SSSR count). The van der Waals surface area contributed by atoms with Crippen molar-refractivity contribution in [2.45, 2.75) is 60.3 Å². The van der Waals surface area contributed by atoms with Crippen molar-refractivity contribution in [1.82, 2.24) is 0 Å². The fraction of sp³-hybridized carbons (Fsp3) is 0.519. The van der Waals surface area contributed by atoms with Crippen LogP contribution in [0.3, 0.4) is 0 Å². The maximum Gasteiger partial charge on any atom is 0.547 e. The van der Waals surface area contributed by atoms with Crippen molar-refractivity contribution in [2.24, 2.45) is 0 Å². The second-order valence-electron chi connectivity index (χ2n) is 8.38. The summed E-state index contributed by atoms with van der Waals surface area (Å²) in [6, 6.07) is 12.0. The lowest BCUT2D eigenvalue weighted by atomic mass is 10.1. The Hall–Kier alpha value is -1.97. The van der Waals surface area contributed by atoms with Crippen LogP contribution in [0.2, 0.25) is 0 Å². The molecule has 2 aromatic heterocycles. The van der Waals surface area contributed by atoms with Gasteiger partial charge in [-0.15, -0.1) is 11.3 Å². The van der Waals surface area contributed by atoms with Crippen molar-refractivity contribution >= 4 is 41.3 Å². The zero-order valence-corrected chi connectivity index (χ0v) is 23.5. The monoisotopic (exact) mass is 517 g/mol. The summed E-state index contributed by atoms with van der Waals surface area (Å²) < 4.78 is 24.8. The van der Waals surface area contributed by atoms with E-state index in [4.69, 9.17) is 17.7 Å². The van der Waals surface area contributed by atoms with Gasteiger partial charge in [0.25, 0.3) is 0 Å². The lowest BCUT2D eigenvalue weighted by Gasteiger charge is -2.27. The zero-order valence-electron chi connectivity index (χ0n) is 21.7. The van der Waals surface area contributed by atoms with Crippen LogP contribution in [-0.4, -0.2) is 41.7 Å². The van der Waals surface area contributed by atoms with Gasteiger partial charge in [0.05, 0.1) is 10.1 Å². The second-order valence-corrected chi connectivity index (χ2v) is 12.3. The van der Waals surface area contributed by atoms with Crippen LogP contribution in [0.1, 0.15) is 60.3 Å². The third-order valence-corrected chi connectivity index (χ3v) is 10.6. The van der Waals surface area contributed by atoms with Crippen LogP contribution in [0.4, 0.5) is 5.69 Å². The van der Waals surface area contributed by atoms with E-state index in [9.17, 15) is 4.79 Å². The minimum atomic E-state index is -3.02. The van der Waals surface area contributed by atoms with Crippen molar-refractivity contribution in [3.8, 4) is 10.4 Å². The number of thiophene rings is 1. The number of hydrogen-bond donors (Lipinski definition) is 0. The van der Waals surface area contributed by atoms with Crippen LogP contribution >= 0.6 is 11.3 Å². The maximum atomic E-state index is 13.0. The molecule has 0 unspecified atom stereocenters. The van der Waals surface area contributed by atoms with Crippen molar-refractivity contribution in [3.63, 3.8) is 0 Å². The van der Waals surface area contributed by atoms with E-state index in [1.807, 2.05) is 45.0 Å². The molecule has 192 valence electrons. The molecule has 2 heterocycles. The number of fused-ring (bicyclic) bond motifs is 1. The Labute approximate surface area is 214 Å². The number of hydrogen-bond acceptors (Lipinski definition) is 7. The Kier molecular flexibility index (Phi) is 10.5.